The molecule has 6 heteroatoms. The quantitative estimate of drug-likeness (QED) is 0.375. The molecule has 4 aromatic rings. The van der Waals surface area contributed by atoms with Crippen LogP contribution in [0.4, 0.5) is 5.69 Å². The average Bonchev–Trinajstić information content (AvgIpc) is 3.37. The molecule has 2 heterocycles. The third-order valence-electron chi connectivity index (χ3n) is 6.14. The van der Waals surface area contributed by atoms with Crippen molar-refractivity contribution in [3.05, 3.63) is 108 Å². The van der Waals surface area contributed by atoms with Crippen molar-refractivity contribution >= 4 is 34.3 Å². The highest BCUT2D eigenvalue weighted by Gasteiger charge is 2.29. The van der Waals surface area contributed by atoms with E-state index in [4.69, 9.17) is 0 Å². The Morgan fingerprint density at radius 3 is 2.43 bits per heavy atom. The SMILES string of the molecule is CC1=NN(c2ccccc2)C(=O)/C1=C/c1cn(CC(O)CNCc2ccccc2)c2ccccc12. The number of benzene rings is 3. The Morgan fingerprint density at radius 2 is 1.66 bits per heavy atom. The number of amides is 1. The molecular formula is C29H28N4O2. The van der Waals surface area contributed by atoms with Crippen molar-refractivity contribution in [1.29, 1.82) is 0 Å². The summed E-state index contributed by atoms with van der Waals surface area (Å²) >= 11 is 0. The van der Waals surface area contributed by atoms with E-state index in [1.165, 1.54) is 10.6 Å². The van der Waals surface area contributed by atoms with E-state index in [1.807, 2.05) is 92.0 Å². The van der Waals surface area contributed by atoms with E-state index < -0.39 is 6.10 Å². The molecule has 1 aliphatic heterocycles. The van der Waals surface area contributed by atoms with Crippen LogP contribution in [0.3, 0.4) is 0 Å². The lowest BCUT2D eigenvalue weighted by molar-refractivity contribution is -0.114. The normalized spacial score (nSPS) is 15.7. The average molecular weight is 465 g/mol. The molecule has 3 aromatic carbocycles. The molecule has 0 aliphatic carbocycles. The van der Waals surface area contributed by atoms with E-state index in [0.29, 0.717) is 30.9 Å². The summed E-state index contributed by atoms with van der Waals surface area (Å²) in [4.78, 5) is 13.2. The minimum absolute atomic E-state index is 0.143. The smallest absolute Gasteiger partial charge is 0.280 e. The van der Waals surface area contributed by atoms with Crippen LogP contribution in [0.1, 0.15) is 18.1 Å². The lowest BCUT2D eigenvalue weighted by Crippen LogP contribution is -2.29. The second-order valence-electron chi connectivity index (χ2n) is 8.72. The van der Waals surface area contributed by atoms with Gasteiger partial charge in [0.2, 0.25) is 0 Å². The van der Waals surface area contributed by atoms with Crippen LogP contribution in [0.5, 0.6) is 0 Å². The predicted molar refractivity (Wildman–Crippen MR) is 141 cm³/mol. The zero-order valence-electron chi connectivity index (χ0n) is 19.6. The van der Waals surface area contributed by atoms with Gasteiger partial charge in [0.25, 0.3) is 5.91 Å². The summed E-state index contributed by atoms with van der Waals surface area (Å²) in [6, 6.07) is 27.6. The molecule has 1 amide bonds. The number of carbonyl (C=O) groups is 1. The maximum atomic E-state index is 13.2. The van der Waals surface area contributed by atoms with Crippen molar-refractivity contribution in [1.82, 2.24) is 9.88 Å². The van der Waals surface area contributed by atoms with Gasteiger partial charge in [0.05, 0.1) is 23.1 Å². The van der Waals surface area contributed by atoms with Crippen molar-refractivity contribution in [3.8, 4) is 0 Å². The molecule has 0 radical (unpaired) electrons. The van der Waals surface area contributed by atoms with Crippen molar-refractivity contribution in [2.45, 2.75) is 26.1 Å². The van der Waals surface area contributed by atoms with Gasteiger partial charge in [-0.1, -0.05) is 66.7 Å². The fourth-order valence-electron chi connectivity index (χ4n) is 4.40. The molecular weight excluding hydrogens is 436 g/mol. The van der Waals surface area contributed by atoms with Crippen LogP contribution in [0.25, 0.3) is 17.0 Å². The highest BCUT2D eigenvalue weighted by molar-refractivity contribution is 6.32. The second kappa shape index (κ2) is 10.1. The monoisotopic (exact) mass is 464 g/mol. The molecule has 0 saturated heterocycles. The van der Waals surface area contributed by atoms with Crippen LogP contribution in [-0.4, -0.2) is 33.9 Å². The molecule has 1 aromatic heterocycles. The Labute approximate surface area is 204 Å². The molecule has 1 unspecified atom stereocenters. The second-order valence-corrected chi connectivity index (χ2v) is 8.72. The molecule has 35 heavy (non-hydrogen) atoms. The van der Waals surface area contributed by atoms with Gasteiger partial charge >= 0.3 is 0 Å². The number of para-hydroxylation sites is 2. The number of anilines is 1. The van der Waals surface area contributed by atoms with Crippen LogP contribution in [0.15, 0.2) is 102 Å². The van der Waals surface area contributed by atoms with Gasteiger partial charge in [0, 0.05) is 42.3 Å². The van der Waals surface area contributed by atoms with Gasteiger partial charge in [0.15, 0.2) is 0 Å². The molecule has 2 N–H and O–H groups in total. The van der Waals surface area contributed by atoms with Crippen LogP contribution in [-0.2, 0) is 17.9 Å². The molecule has 1 atom stereocenters. The fraction of sp³-hybridized carbons (Fsp3) is 0.172. The zero-order valence-corrected chi connectivity index (χ0v) is 19.6. The summed E-state index contributed by atoms with van der Waals surface area (Å²) in [5.41, 5.74) is 5.12. The maximum Gasteiger partial charge on any atom is 0.280 e. The van der Waals surface area contributed by atoms with E-state index in [-0.39, 0.29) is 5.91 Å². The topological polar surface area (TPSA) is 69.9 Å². The predicted octanol–water partition coefficient (Wildman–Crippen LogP) is 4.60. The Kier molecular flexibility index (Phi) is 6.57. The minimum atomic E-state index is -0.556. The van der Waals surface area contributed by atoms with E-state index in [2.05, 4.69) is 27.1 Å². The Balaban J connectivity index is 1.35. The van der Waals surface area contributed by atoms with Gasteiger partial charge in [-0.05, 0) is 36.8 Å². The van der Waals surface area contributed by atoms with Gasteiger partial charge in [-0.2, -0.15) is 10.1 Å². The Hall–Kier alpha value is -4.00. The number of aromatic nitrogens is 1. The number of nitrogens with zero attached hydrogens (tertiary/aromatic N) is 3. The standard InChI is InChI=1S/C29H28N4O2/c1-21-27(29(35)33(31-21)24-12-6-3-7-13-24)16-23-19-32(28-15-9-8-14-26(23)28)20-25(34)18-30-17-22-10-4-2-5-11-22/h2-16,19,25,30,34H,17-18,20H2,1H3/b27-16+. The van der Waals surface area contributed by atoms with Crippen LogP contribution in [0.2, 0.25) is 0 Å². The number of rotatable bonds is 8. The summed E-state index contributed by atoms with van der Waals surface area (Å²) in [6.45, 7) is 3.49. The van der Waals surface area contributed by atoms with E-state index in [0.717, 1.165) is 22.2 Å². The third kappa shape index (κ3) is 4.94. The number of aliphatic hydroxyl groups excluding tert-OH is 1. The largest absolute Gasteiger partial charge is 0.390 e. The van der Waals surface area contributed by atoms with Crippen molar-refractivity contribution in [3.63, 3.8) is 0 Å². The molecule has 1 aliphatic rings. The van der Waals surface area contributed by atoms with Crippen molar-refractivity contribution < 1.29 is 9.90 Å². The highest BCUT2D eigenvalue weighted by atomic mass is 16.3. The summed E-state index contributed by atoms with van der Waals surface area (Å²) in [6.07, 6.45) is 3.35. The van der Waals surface area contributed by atoms with E-state index in [1.54, 1.807) is 0 Å². The maximum absolute atomic E-state index is 13.2. The number of nitrogens with one attached hydrogen (secondary N) is 1. The summed E-state index contributed by atoms with van der Waals surface area (Å²) in [5, 5.41) is 21.0. The first-order valence-corrected chi connectivity index (χ1v) is 11.8. The summed E-state index contributed by atoms with van der Waals surface area (Å²) in [7, 11) is 0. The van der Waals surface area contributed by atoms with Gasteiger partial charge in [-0.15, -0.1) is 0 Å². The van der Waals surface area contributed by atoms with E-state index in [9.17, 15) is 9.90 Å². The van der Waals surface area contributed by atoms with Crippen LogP contribution in [0, 0.1) is 0 Å². The van der Waals surface area contributed by atoms with E-state index >= 15 is 0 Å². The Bertz CT molecular complexity index is 1390. The van der Waals surface area contributed by atoms with Gasteiger partial charge < -0.3 is 15.0 Å². The number of hydrogen-bond donors (Lipinski definition) is 2. The van der Waals surface area contributed by atoms with Crippen LogP contribution < -0.4 is 10.3 Å². The molecule has 0 spiro atoms. The molecule has 0 bridgehead atoms. The minimum Gasteiger partial charge on any atom is -0.390 e. The van der Waals surface area contributed by atoms with Crippen molar-refractivity contribution in [2.75, 3.05) is 11.6 Å². The number of carbonyl (C=O) groups excluding carboxylic acids is 1. The first-order valence-electron chi connectivity index (χ1n) is 11.8. The Morgan fingerprint density at radius 1 is 0.971 bits per heavy atom. The first-order chi connectivity index (χ1) is 17.1. The first kappa shape index (κ1) is 22.8. The summed E-state index contributed by atoms with van der Waals surface area (Å²) < 4.78 is 2.05. The lowest BCUT2D eigenvalue weighted by atomic mass is 10.1. The lowest BCUT2D eigenvalue weighted by Gasteiger charge is -2.14. The number of hydrazone groups is 1. The molecule has 176 valence electrons. The molecule has 0 fully saturated rings. The molecule has 5 rings (SSSR count). The van der Waals surface area contributed by atoms with Gasteiger partial charge in [-0.3, -0.25) is 4.79 Å². The van der Waals surface area contributed by atoms with Crippen molar-refractivity contribution in [2.24, 2.45) is 5.10 Å². The zero-order chi connectivity index (χ0) is 24.2. The summed E-state index contributed by atoms with van der Waals surface area (Å²) in [5.74, 6) is -0.143. The number of fused-ring (bicyclic) bond motifs is 1. The van der Waals surface area contributed by atoms with Gasteiger partial charge in [0.1, 0.15) is 0 Å². The molecule has 0 saturated carbocycles. The van der Waals surface area contributed by atoms with Crippen LogP contribution >= 0.6 is 0 Å². The fourth-order valence-corrected chi connectivity index (χ4v) is 4.40. The third-order valence-corrected chi connectivity index (χ3v) is 6.14. The number of hydrogen-bond acceptors (Lipinski definition) is 4. The highest BCUT2D eigenvalue weighted by Crippen LogP contribution is 2.28. The van der Waals surface area contributed by atoms with Gasteiger partial charge in [-0.25, -0.2) is 0 Å². The molecule has 6 nitrogen and oxygen atoms in total. The number of aliphatic hydroxyl groups is 1.